The molecule has 4 nitrogen and oxygen atoms in total. The Hall–Kier alpha value is -4.30. The highest BCUT2D eigenvalue weighted by atomic mass is 127. The molecule has 0 bridgehead atoms. The third kappa shape index (κ3) is 3.01. The second-order valence-corrected chi connectivity index (χ2v) is 10.5. The van der Waals surface area contributed by atoms with E-state index in [1.54, 1.807) is 0 Å². The average molecular weight is 619 g/mol. The first kappa shape index (κ1) is 22.9. The maximum absolute atomic E-state index is 10.6. The zero-order valence-corrected chi connectivity index (χ0v) is 22.7. The normalized spacial score (nSPS) is 11.4. The lowest BCUT2D eigenvalue weighted by atomic mass is 10.1. The summed E-state index contributed by atoms with van der Waals surface area (Å²) in [5.41, 5.74) is 5.66. The summed E-state index contributed by atoms with van der Waals surface area (Å²) in [6.07, 6.45) is 0. The number of hydrogen-bond acceptors (Lipinski definition) is 2. The number of rotatable bonds is 2. The van der Waals surface area contributed by atoms with Gasteiger partial charge in [-0.05, 0) is 46.9 Å². The zero-order valence-electron chi connectivity index (χ0n) is 19.8. The smallest absolute Gasteiger partial charge is 0.103 e. The van der Waals surface area contributed by atoms with Crippen molar-refractivity contribution in [2.24, 2.45) is 0 Å². The molecule has 5 aromatic carbocycles. The first-order chi connectivity index (χ1) is 18.7. The van der Waals surface area contributed by atoms with Gasteiger partial charge < -0.3 is 9.13 Å². The van der Waals surface area contributed by atoms with Gasteiger partial charge >= 0.3 is 0 Å². The SMILES string of the molecule is N#Cc1c(I)c(-n2c3ccccc3c3ccccc32)c(C#N)c(Cl)c1-n1c2ccccc2c2ccccc21. The van der Waals surface area contributed by atoms with Crippen molar-refractivity contribution < 1.29 is 0 Å². The first-order valence-corrected chi connectivity index (χ1v) is 13.4. The minimum atomic E-state index is 0.257. The molecule has 0 aliphatic heterocycles. The molecule has 0 saturated carbocycles. The Labute approximate surface area is 236 Å². The lowest BCUT2D eigenvalue weighted by Crippen LogP contribution is -2.09. The van der Waals surface area contributed by atoms with Gasteiger partial charge in [0.1, 0.15) is 12.1 Å². The molecule has 7 rings (SSSR count). The Bertz CT molecular complexity index is 1930. The summed E-state index contributed by atoms with van der Waals surface area (Å²) >= 11 is 9.37. The van der Waals surface area contributed by atoms with Crippen molar-refractivity contribution in [1.82, 2.24) is 9.13 Å². The van der Waals surface area contributed by atoms with Crippen LogP contribution in [-0.4, -0.2) is 9.13 Å². The van der Waals surface area contributed by atoms with Crippen molar-refractivity contribution in [3.8, 4) is 23.5 Å². The molecule has 178 valence electrons. The van der Waals surface area contributed by atoms with E-state index in [1.807, 2.05) is 77.4 Å². The third-order valence-corrected chi connectivity index (χ3v) is 8.58. The van der Waals surface area contributed by atoms with E-state index >= 15 is 0 Å². The first-order valence-electron chi connectivity index (χ1n) is 12.0. The van der Waals surface area contributed by atoms with Crippen molar-refractivity contribution >= 4 is 77.8 Å². The molecule has 0 N–H and O–H groups in total. The van der Waals surface area contributed by atoms with Crippen molar-refractivity contribution in [2.75, 3.05) is 0 Å². The minimum Gasteiger partial charge on any atom is -0.307 e. The standard InChI is InChI=1S/C32H16ClIN4/c33-29-23(17-35)32(38-27-15-7-3-11-21(27)22-12-4-8-16-28(22)38)30(34)24(18-36)31(29)37-25-13-5-1-9-19(25)20-10-2-6-14-26(20)37/h1-16H. The van der Waals surface area contributed by atoms with Crippen LogP contribution in [0.1, 0.15) is 11.1 Å². The van der Waals surface area contributed by atoms with Gasteiger partial charge in [0.15, 0.2) is 0 Å². The highest BCUT2D eigenvalue weighted by molar-refractivity contribution is 14.1. The highest BCUT2D eigenvalue weighted by Gasteiger charge is 2.28. The van der Waals surface area contributed by atoms with Gasteiger partial charge in [-0.25, -0.2) is 0 Å². The summed E-state index contributed by atoms with van der Waals surface area (Å²) < 4.78 is 4.76. The quantitative estimate of drug-likeness (QED) is 0.182. The Morgan fingerprint density at radius 1 is 0.526 bits per heavy atom. The van der Waals surface area contributed by atoms with E-state index in [4.69, 9.17) is 11.6 Å². The van der Waals surface area contributed by atoms with E-state index in [2.05, 4.69) is 63.6 Å². The Balaban J connectivity index is 1.68. The molecule has 6 heteroatoms. The number of benzene rings is 5. The molecule has 7 aromatic rings. The van der Waals surface area contributed by atoms with E-state index in [9.17, 15) is 10.5 Å². The molecular weight excluding hydrogens is 603 g/mol. The van der Waals surface area contributed by atoms with Gasteiger partial charge in [-0.15, -0.1) is 0 Å². The second-order valence-electron chi connectivity index (χ2n) is 9.04. The van der Waals surface area contributed by atoms with Crippen molar-refractivity contribution in [3.05, 3.63) is 117 Å². The van der Waals surface area contributed by atoms with E-state index in [0.717, 1.165) is 43.6 Å². The predicted molar refractivity (Wildman–Crippen MR) is 162 cm³/mol. The molecule has 0 radical (unpaired) electrons. The van der Waals surface area contributed by atoms with Crippen molar-refractivity contribution in [3.63, 3.8) is 0 Å². The number of nitrogens with zero attached hydrogens (tertiary/aromatic N) is 4. The lowest BCUT2D eigenvalue weighted by Gasteiger charge is -2.20. The maximum atomic E-state index is 10.6. The summed E-state index contributed by atoms with van der Waals surface area (Å²) in [7, 11) is 0. The molecule has 0 spiro atoms. The van der Waals surface area contributed by atoms with Crippen LogP contribution >= 0.6 is 34.2 Å². The maximum Gasteiger partial charge on any atom is 0.103 e. The summed E-state index contributed by atoms with van der Waals surface area (Å²) in [6, 6.07) is 37.2. The molecule has 0 unspecified atom stereocenters. The number of hydrogen-bond donors (Lipinski definition) is 0. The Kier molecular flexibility index (Phi) is 5.19. The summed E-state index contributed by atoms with van der Waals surface area (Å²) in [6.45, 7) is 0. The van der Waals surface area contributed by atoms with E-state index in [0.29, 0.717) is 26.1 Å². The van der Waals surface area contributed by atoms with Gasteiger partial charge in [0, 0.05) is 21.5 Å². The zero-order chi connectivity index (χ0) is 26.0. The highest BCUT2D eigenvalue weighted by Crippen LogP contribution is 2.43. The third-order valence-electron chi connectivity index (χ3n) is 7.16. The van der Waals surface area contributed by atoms with Crippen LogP contribution in [0.2, 0.25) is 5.02 Å². The number of para-hydroxylation sites is 4. The molecule has 0 aliphatic carbocycles. The average Bonchev–Trinajstić information content (AvgIpc) is 3.47. The van der Waals surface area contributed by atoms with Crippen LogP contribution in [0.5, 0.6) is 0 Å². The monoisotopic (exact) mass is 618 g/mol. The second kappa shape index (κ2) is 8.63. The largest absolute Gasteiger partial charge is 0.307 e. The van der Waals surface area contributed by atoms with Gasteiger partial charge in [0.2, 0.25) is 0 Å². The van der Waals surface area contributed by atoms with Gasteiger partial charge in [-0.2, -0.15) is 10.5 Å². The van der Waals surface area contributed by atoms with Crippen LogP contribution in [0.3, 0.4) is 0 Å². The number of aromatic nitrogens is 2. The van der Waals surface area contributed by atoms with E-state index < -0.39 is 0 Å². The Morgan fingerprint density at radius 2 is 0.868 bits per heavy atom. The topological polar surface area (TPSA) is 57.4 Å². The van der Waals surface area contributed by atoms with Crippen molar-refractivity contribution in [2.45, 2.75) is 0 Å². The molecule has 2 aromatic heterocycles. The fourth-order valence-electron chi connectivity index (χ4n) is 5.62. The molecule has 0 fully saturated rings. The molecule has 0 aliphatic rings. The Morgan fingerprint density at radius 3 is 1.24 bits per heavy atom. The number of fused-ring (bicyclic) bond motifs is 6. The molecule has 38 heavy (non-hydrogen) atoms. The molecule has 0 amide bonds. The summed E-state index contributed by atoms with van der Waals surface area (Å²) in [5, 5.41) is 25.6. The summed E-state index contributed by atoms with van der Waals surface area (Å²) in [4.78, 5) is 0. The lowest BCUT2D eigenvalue weighted by molar-refractivity contribution is 1.11. The van der Waals surface area contributed by atoms with Gasteiger partial charge in [0.25, 0.3) is 0 Å². The van der Waals surface area contributed by atoms with Crippen LogP contribution in [0.4, 0.5) is 0 Å². The van der Waals surface area contributed by atoms with Crippen LogP contribution in [0.25, 0.3) is 55.0 Å². The van der Waals surface area contributed by atoms with Crippen LogP contribution < -0.4 is 0 Å². The fourth-order valence-corrected chi connectivity index (χ4v) is 6.81. The van der Waals surface area contributed by atoms with E-state index in [1.165, 1.54) is 0 Å². The molecular formula is C32H16ClIN4. The van der Waals surface area contributed by atoms with Crippen LogP contribution in [0, 0.1) is 26.2 Å². The van der Waals surface area contributed by atoms with Gasteiger partial charge in [-0.3, -0.25) is 0 Å². The molecule has 0 saturated heterocycles. The molecule has 2 heterocycles. The minimum absolute atomic E-state index is 0.257. The fraction of sp³-hybridized carbons (Fsp3) is 0. The van der Waals surface area contributed by atoms with Gasteiger partial charge in [-0.1, -0.05) is 84.4 Å². The molecule has 0 atom stereocenters. The van der Waals surface area contributed by atoms with Crippen LogP contribution in [-0.2, 0) is 0 Å². The van der Waals surface area contributed by atoms with Crippen molar-refractivity contribution in [1.29, 1.82) is 10.5 Å². The number of nitriles is 2. The van der Waals surface area contributed by atoms with E-state index in [-0.39, 0.29) is 5.02 Å². The summed E-state index contributed by atoms with van der Waals surface area (Å²) in [5.74, 6) is 0. The van der Waals surface area contributed by atoms with Crippen LogP contribution in [0.15, 0.2) is 97.1 Å². The van der Waals surface area contributed by atoms with Gasteiger partial charge in [0.05, 0.1) is 53.2 Å². The predicted octanol–water partition coefficient (Wildman–Crippen LogP) is 8.88. The number of halogens is 2.